The monoisotopic (exact) mass is 311 g/mol. The molecule has 2 nitrogen and oxygen atoms in total. The summed E-state index contributed by atoms with van der Waals surface area (Å²) in [4.78, 5) is 14.0. The van der Waals surface area contributed by atoms with Crippen molar-refractivity contribution in [3.63, 3.8) is 0 Å². The fourth-order valence-corrected chi connectivity index (χ4v) is 2.37. The van der Waals surface area contributed by atoms with Crippen molar-refractivity contribution in [2.75, 3.05) is 11.4 Å². The summed E-state index contributed by atoms with van der Waals surface area (Å²) >= 11 is 3.49. The number of anilines is 1. The molecule has 0 amide bonds. The minimum Gasteiger partial charge on any atom is -0.368 e. The second kappa shape index (κ2) is 6.37. The predicted molar refractivity (Wildman–Crippen MR) is 81.5 cm³/mol. The van der Waals surface area contributed by atoms with Crippen molar-refractivity contribution in [2.45, 2.75) is 40.7 Å². The summed E-state index contributed by atoms with van der Waals surface area (Å²) in [5, 5.41) is 0. The molecule has 0 aliphatic heterocycles. The SMILES string of the molecule is CC(=O)c1ccc(Br)cc1N(CC(C)C)C(C)C. The molecule has 100 valence electrons. The van der Waals surface area contributed by atoms with E-state index in [2.05, 4.69) is 48.5 Å². The molecule has 0 unspecified atom stereocenters. The fraction of sp³-hybridized carbons (Fsp3) is 0.533. The van der Waals surface area contributed by atoms with Crippen LogP contribution in [-0.2, 0) is 0 Å². The van der Waals surface area contributed by atoms with Gasteiger partial charge in [0.05, 0.1) is 0 Å². The van der Waals surface area contributed by atoms with E-state index in [1.165, 1.54) is 0 Å². The zero-order chi connectivity index (χ0) is 13.9. The van der Waals surface area contributed by atoms with Crippen molar-refractivity contribution in [3.05, 3.63) is 28.2 Å². The van der Waals surface area contributed by atoms with E-state index in [-0.39, 0.29) is 5.78 Å². The summed E-state index contributed by atoms with van der Waals surface area (Å²) in [5.74, 6) is 0.679. The lowest BCUT2D eigenvalue weighted by molar-refractivity contribution is 0.101. The van der Waals surface area contributed by atoms with Gasteiger partial charge in [-0.05, 0) is 44.9 Å². The fourth-order valence-electron chi connectivity index (χ4n) is 2.02. The van der Waals surface area contributed by atoms with E-state index in [4.69, 9.17) is 0 Å². The standard InChI is InChI=1S/C15H22BrNO/c1-10(2)9-17(11(3)4)15-8-13(16)6-7-14(15)12(5)18/h6-8,10-11H,9H2,1-5H3. The second-order valence-corrected chi connectivity index (χ2v) is 6.27. The van der Waals surface area contributed by atoms with E-state index in [0.29, 0.717) is 12.0 Å². The number of halogens is 1. The molecule has 0 N–H and O–H groups in total. The van der Waals surface area contributed by atoms with Gasteiger partial charge in [-0.3, -0.25) is 4.79 Å². The van der Waals surface area contributed by atoms with E-state index >= 15 is 0 Å². The summed E-state index contributed by atoms with van der Waals surface area (Å²) in [6, 6.07) is 6.24. The van der Waals surface area contributed by atoms with Gasteiger partial charge in [0.1, 0.15) is 0 Å². The van der Waals surface area contributed by atoms with Crippen molar-refractivity contribution in [1.29, 1.82) is 0 Å². The number of nitrogens with zero attached hydrogens (tertiary/aromatic N) is 1. The zero-order valence-corrected chi connectivity index (χ0v) is 13.4. The van der Waals surface area contributed by atoms with Crippen LogP contribution < -0.4 is 4.90 Å². The minimum absolute atomic E-state index is 0.118. The normalized spacial score (nSPS) is 11.1. The molecule has 0 aliphatic carbocycles. The van der Waals surface area contributed by atoms with E-state index in [9.17, 15) is 4.79 Å². The van der Waals surface area contributed by atoms with E-state index < -0.39 is 0 Å². The van der Waals surface area contributed by atoms with Gasteiger partial charge in [-0.2, -0.15) is 0 Å². The quantitative estimate of drug-likeness (QED) is 0.745. The minimum atomic E-state index is 0.118. The third-order valence-corrected chi connectivity index (χ3v) is 3.33. The molecule has 0 spiro atoms. The van der Waals surface area contributed by atoms with Crippen molar-refractivity contribution >= 4 is 27.4 Å². The van der Waals surface area contributed by atoms with Crippen molar-refractivity contribution in [1.82, 2.24) is 0 Å². The number of benzene rings is 1. The third kappa shape index (κ3) is 3.84. The topological polar surface area (TPSA) is 20.3 Å². The highest BCUT2D eigenvalue weighted by Gasteiger charge is 2.18. The van der Waals surface area contributed by atoms with Gasteiger partial charge in [0.15, 0.2) is 5.78 Å². The largest absolute Gasteiger partial charge is 0.368 e. The first-order valence-corrected chi connectivity index (χ1v) is 7.19. The number of Topliss-reactive ketones (excluding diaryl/α,β-unsaturated/α-hetero) is 1. The molecular formula is C15H22BrNO. The Labute approximate surface area is 119 Å². The van der Waals surface area contributed by atoms with Gasteiger partial charge in [-0.25, -0.2) is 0 Å². The highest BCUT2D eigenvalue weighted by atomic mass is 79.9. The molecule has 0 bridgehead atoms. The van der Waals surface area contributed by atoms with Gasteiger partial charge in [-0.1, -0.05) is 29.8 Å². The van der Waals surface area contributed by atoms with Crippen molar-refractivity contribution < 1.29 is 4.79 Å². The van der Waals surface area contributed by atoms with Gasteiger partial charge >= 0.3 is 0 Å². The van der Waals surface area contributed by atoms with Gasteiger partial charge in [0.2, 0.25) is 0 Å². The number of ketones is 1. The smallest absolute Gasteiger partial charge is 0.161 e. The maximum atomic E-state index is 11.7. The Morgan fingerprint density at radius 3 is 2.33 bits per heavy atom. The second-order valence-electron chi connectivity index (χ2n) is 5.36. The maximum absolute atomic E-state index is 11.7. The number of hydrogen-bond donors (Lipinski definition) is 0. The summed E-state index contributed by atoms with van der Waals surface area (Å²) in [6.45, 7) is 11.3. The molecule has 18 heavy (non-hydrogen) atoms. The molecule has 0 aliphatic rings. The molecular weight excluding hydrogens is 290 g/mol. The third-order valence-electron chi connectivity index (χ3n) is 2.83. The Morgan fingerprint density at radius 2 is 1.89 bits per heavy atom. The molecule has 1 aromatic carbocycles. The average Bonchev–Trinajstić information content (AvgIpc) is 2.24. The van der Waals surface area contributed by atoms with Crippen LogP contribution in [0.1, 0.15) is 45.0 Å². The maximum Gasteiger partial charge on any atom is 0.161 e. The highest BCUT2D eigenvalue weighted by Crippen LogP contribution is 2.28. The van der Waals surface area contributed by atoms with Crippen LogP contribution in [0.4, 0.5) is 5.69 Å². The lowest BCUT2D eigenvalue weighted by Gasteiger charge is -2.32. The lowest BCUT2D eigenvalue weighted by Crippen LogP contribution is -2.35. The van der Waals surface area contributed by atoms with Crippen LogP contribution in [0, 0.1) is 5.92 Å². The Hall–Kier alpha value is -0.830. The number of carbonyl (C=O) groups excluding carboxylic acids is 1. The van der Waals surface area contributed by atoms with Crippen molar-refractivity contribution in [3.8, 4) is 0 Å². The Balaban J connectivity index is 3.25. The van der Waals surface area contributed by atoms with E-state index in [0.717, 1.165) is 22.3 Å². The summed E-state index contributed by atoms with van der Waals surface area (Å²) < 4.78 is 1.01. The molecule has 0 heterocycles. The molecule has 3 heteroatoms. The molecule has 0 atom stereocenters. The van der Waals surface area contributed by atoms with Crippen molar-refractivity contribution in [2.24, 2.45) is 5.92 Å². The summed E-state index contributed by atoms with van der Waals surface area (Å²) in [6.07, 6.45) is 0. The van der Waals surface area contributed by atoms with Gasteiger partial charge in [-0.15, -0.1) is 0 Å². The van der Waals surface area contributed by atoms with Crippen LogP contribution in [0.2, 0.25) is 0 Å². The first kappa shape index (κ1) is 15.2. The zero-order valence-electron chi connectivity index (χ0n) is 11.8. The highest BCUT2D eigenvalue weighted by molar-refractivity contribution is 9.10. The van der Waals surface area contributed by atoms with Crippen LogP contribution in [-0.4, -0.2) is 18.4 Å². The number of rotatable bonds is 5. The average molecular weight is 312 g/mol. The van der Waals surface area contributed by atoms with Gasteiger partial charge in [0.25, 0.3) is 0 Å². The van der Waals surface area contributed by atoms with Crippen LogP contribution >= 0.6 is 15.9 Å². The Morgan fingerprint density at radius 1 is 1.28 bits per heavy atom. The number of carbonyl (C=O) groups is 1. The van der Waals surface area contributed by atoms with Crippen LogP contribution in [0.5, 0.6) is 0 Å². The van der Waals surface area contributed by atoms with E-state index in [1.54, 1.807) is 6.92 Å². The number of hydrogen-bond acceptors (Lipinski definition) is 2. The Kier molecular flexibility index (Phi) is 5.39. The predicted octanol–water partition coefficient (Wildman–Crippen LogP) is 4.52. The lowest BCUT2D eigenvalue weighted by atomic mass is 10.1. The first-order valence-electron chi connectivity index (χ1n) is 6.40. The summed E-state index contributed by atoms with van der Waals surface area (Å²) in [7, 11) is 0. The first-order chi connectivity index (χ1) is 8.32. The molecule has 0 saturated heterocycles. The molecule has 0 aromatic heterocycles. The summed E-state index contributed by atoms with van der Waals surface area (Å²) in [5.41, 5.74) is 1.83. The van der Waals surface area contributed by atoms with Gasteiger partial charge < -0.3 is 4.90 Å². The molecule has 0 radical (unpaired) electrons. The van der Waals surface area contributed by atoms with Crippen LogP contribution in [0.15, 0.2) is 22.7 Å². The molecule has 1 aromatic rings. The van der Waals surface area contributed by atoms with Gasteiger partial charge in [0, 0.05) is 28.3 Å². The van der Waals surface area contributed by atoms with Crippen LogP contribution in [0.25, 0.3) is 0 Å². The molecule has 0 fully saturated rings. The Bertz CT molecular complexity index is 427. The van der Waals surface area contributed by atoms with E-state index in [1.807, 2.05) is 18.2 Å². The molecule has 1 rings (SSSR count). The van der Waals surface area contributed by atoms with Crippen LogP contribution in [0.3, 0.4) is 0 Å². The molecule has 0 saturated carbocycles.